The summed E-state index contributed by atoms with van der Waals surface area (Å²) in [4.78, 5) is 31.0. The average Bonchev–Trinajstić information content (AvgIpc) is 2.95. The summed E-state index contributed by atoms with van der Waals surface area (Å²) < 4.78 is 6.42. The Morgan fingerprint density at radius 2 is 2.00 bits per heavy atom. The summed E-state index contributed by atoms with van der Waals surface area (Å²) in [5.74, 6) is -0.421. The zero-order chi connectivity index (χ0) is 18.8. The van der Waals surface area contributed by atoms with Crippen LogP contribution in [-0.4, -0.2) is 22.1 Å². The molecule has 0 radical (unpaired) electrons. The van der Waals surface area contributed by atoms with Crippen molar-refractivity contribution in [3.8, 4) is 11.1 Å². The molecule has 0 unspecified atom stereocenters. The van der Waals surface area contributed by atoms with Crippen LogP contribution in [0.3, 0.4) is 0 Å². The number of aryl methyl sites for hydroxylation is 3. The molecule has 0 fully saturated rings. The first-order valence-electron chi connectivity index (χ1n) is 8.64. The predicted octanol–water partition coefficient (Wildman–Crippen LogP) is 4.00. The summed E-state index contributed by atoms with van der Waals surface area (Å²) in [6.45, 7) is 8.28. The summed E-state index contributed by atoms with van der Waals surface area (Å²) in [7, 11) is 0. The van der Waals surface area contributed by atoms with E-state index in [1.807, 2.05) is 19.9 Å². The van der Waals surface area contributed by atoms with Gasteiger partial charge in [0.2, 0.25) is 0 Å². The molecule has 0 aliphatic rings. The van der Waals surface area contributed by atoms with Crippen LogP contribution in [0.2, 0.25) is 0 Å². The number of esters is 1. The largest absolute Gasteiger partial charge is 0.464 e. The van der Waals surface area contributed by atoms with Gasteiger partial charge in [-0.3, -0.25) is 14.2 Å². The van der Waals surface area contributed by atoms with Gasteiger partial charge in [-0.05, 0) is 43.9 Å². The number of nitrogens with zero attached hydrogens (tertiary/aromatic N) is 2. The highest BCUT2D eigenvalue weighted by atomic mass is 32.1. The van der Waals surface area contributed by atoms with Crippen LogP contribution in [0.4, 0.5) is 0 Å². The quantitative estimate of drug-likeness (QED) is 0.637. The lowest BCUT2D eigenvalue weighted by Gasteiger charge is -2.08. The SMILES string of the molecule is CCCOC(=O)Cn1cnc2sc(C)c(-c3ccc(C)c(C)c3)c2c1=O. The van der Waals surface area contributed by atoms with E-state index in [2.05, 4.69) is 31.0 Å². The molecule has 0 atom stereocenters. The minimum Gasteiger partial charge on any atom is -0.464 e. The molecule has 0 N–H and O–H groups in total. The fraction of sp³-hybridized carbons (Fsp3) is 0.350. The maximum atomic E-state index is 13.0. The molecule has 6 heteroatoms. The van der Waals surface area contributed by atoms with Gasteiger partial charge in [0.15, 0.2) is 0 Å². The summed E-state index contributed by atoms with van der Waals surface area (Å²) >= 11 is 1.50. The summed E-state index contributed by atoms with van der Waals surface area (Å²) in [6, 6.07) is 6.18. The fourth-order valence-corrected chi connectivity index (χ4v) is 3.90. The number of carbonyl (C=O) groups excluding carboxylic acids is 1. The molecular formula is C20H22N2O3S. The molecule has 26 heavy (non-hydrogen) atoms. The molecule has 2 heterocycles. The van der Waals surface area contributed by atoms with E-state index in [1.54, 1.807) is 0 Å². The molecule has 136 valence electrons. The highest BCUT2D eigenvalue weighted by Gasteiger charge is 2.18. The number of rotatable bonds is 5. The number of fused-ring (bicyclic) bond motifs is 1. The van der Waals surface area contributed by atoms with Crippen LogP contribution in [0, 0.1) is 20.8 Å². The molecule has 3 aromatic rings. The molecular weight excluding hydrogens is 348 g/mol. The number of hydrogen-bond acceptors (Lipinski definition) is 5. The number of ether oxygens (including phenoxy) is 1. The second kappa shape index (κ2) is 7.41. The lowest BCUT2D eigenvalue weighted by atomic mass is 9.99. The first kappa shape index (κ1) is 18.3. The Labute approximate surface area is 156 Å². The number of hydrogen-bond donors (Lipinski definition) is 0. The second-order valence-corrected chi connectivity index (χ2v) is 7.61. The van der Waals surface area contributed by atoms with E-state index in [9.17, 15) is 9.59 Å². The Kier molecular flexibility index (Phi) is 5.23. The van der Waals surface area contributed by atoms with Crippen molar-refractivity contribution < 1.29 is 9.53 Å². The van der Waals surface area contributed by atoms with Crippen molar-refractivity contribution in [2.24, 2.45) is 0 Å². The van der Waals surface area contributed by atoms with Crippen molar-refractivity contribution in [1.29, 1.82) is 0 Å². The number of aromatic nitrogens is 2. The van der Waals surface area contributed by atoms with Crippen LogP contribution in [0.25, 0.3) is 21.3 Å². The van der Waals surface area contributed by atoms with Crippen LogP contribution in [0.5, 0.6) is 0 Å². The van der Waals surface area contributed by atoms with Gasteiger partial charge in [0.05, 0.1) is 18.3 Å². The average molecular weight is 370 g/mol. The number of benzene rings is 1. The van der Waals surface area contributed by atoms with Gasteiger partial charge in [0.25, 0.3) is 5.56 Å². The lowest BCUT2D eigenvalue weighted by molar-refractivity contribution is -0.144. The minimum absolute atomic E-state index is 0.122. The van der Waals surface area contributed by atoms with Crippen LogP contribution < -0.4 is 5.56 Å². The topological polar surface area (TPSA) is 61.2 Å². The molecule has 0 amide bonds. The van der Waals surface area contributed by atoms with Gasteiger partial charge in [-0.1, -0.05) is 25.1 Å². The maximum absolute atomic E-state index is 13.0. The van der Waals surface area contributed by atoms with Crippen molar-refractivity contribution in [3.63, 3.8) is 0 Å². The standard InChI is InChI=1S/C20H22N2O3S/c1-5-8-25-16(23)10-22-11-21-19-18(20(22)24)17(14(4)26-19)15-7-6-12(2)13(3)9-15/h6-7,9,11H,5,8,10H2,1-4H3. The van der Waals surface area contributed by atoms with E-state index in [4.69, 9.17) is 4.74 Å². The molecule has 0 bridgehead atoms. The van der Waals surface area contributed by atoms with Gasteiger partial charge in [-0.25, -0.2) is 4.98 Å². The van der Waals surface area contributed by atoms with Gasteiger partial charge in [0.1, 0.15) is 11.4 Å². The molecule has 2 aromatic heterocycles. The predicted molar refractivity (Wildman–Crippen MR) is 105 cm³/mol. The normalized spacial score (nSPS) is 11.1. The van der Waals surface area contributed by atoms with E-state index in [-0.39, 0.29) is 12.1 Å². The highest BCUT2D eigenvalue weighted by molar-refractivity contribution is 7.19. The Balaban J connectivity index is 2.11. The third-order valence-electron chi connectivity index (χ3n) is 4.42. The van der Waals surface area contributed by atoms with Gasteiger partial charge in [-0.2, -0.15) is 0 Å². The van der Waals surface area contributed by atoms with Crippen molar-refractivity contribution in [2.45, 2.75) is 40.7 Å². The summed E-state index contributed by atoms with van der Waals surface area (Å²) in [5.41, 5.74) is 4.08. The van der Waals surface area contributed by atoms with E-state index in [0.717, 1.165) is 22.4 Å². The summed E-state index contributed by atoms with van der Waals surface area (Å²) in [6.07, 6.45) is 2.18. The fourth-order valence-electron chi connectivity index (χ4n) is 2.90. The number of thiophene rings is 1. The van der Waals surface area contributed by atoms with Crippen molar-refractivity contribution in [3.05, 3.63) is 50.9 Å². The minimum atomic E-state index is -0.421. The van der Waals surface area contributed by atoms with Gasteiger partial charge >= 0.3 is 5.97 Å². The second-order valence-electron chi connectivity index (χ2n) is 6.41. The van der Waals surface area contributed by atoms with Crippen molar-refractivity contribution in [1.82, 2.24) is 9.55 Å². The third-order valence-corrected chi connectivity index (χ3v) is 5.43. The molecule has 1 aromatic carbocycles. The van der Waals surface area contributed by atoms with E-state index in [1.165, 1.54) is 33.4 Å². The van der Waals surface area contributed by atoms with Crippen LogP contribution in [-0.2, 0) is 16.1 Å². The van der Waals surface area contributed by atoms with Crippen molar-refractivity contribution >= 4 is 27.5 Å². The van der Waals surface area contributed by atoms with E-state index in [0.29, 0.717) is 16.8 Å². The lowest BCUT2D eigenvalue weighted by Crippen LogP contribution is -2.25. The summed E-state index contributed by atoms with van der Waals surface area (Å²) in [5, 5.41) is 0.571. The van der Waals surface area contributed by atoms with Crippen LogP contribution >= 0.6 is 11.3 Å². The Bertz CT molecular complexity index is 1030. The first-order valence-corrected chi connectivity index (χ1v) is 9.45. The van der Waals surface area contributed by atoms with E-state index < -0.39 is 5.97 Å². The molecule has 0 aliphatic carbocycles. The smallest absolute Gasteiger partial charge is 0.326 e. The molecule has 5 nitrogen and oxygen atoms in total. The molecule has 0 aliphatic heterocycles. The highest BCUT2D eigenvalue weighted by Crippen LogP contribution is 2.36. The maximum Gasteiger partial charge on any atom is 0.326 e. The Morgan fingerprint density at radius 3 is 2.69 bits per heavy atom. The Morgan fingerprint density at radius 1 is 1.23 bits per heavy atom. The van der Waals surface area contributed by atoms with Gasteiger partial charge in [0, 0.05) is 10.4 Å². The Hall–Kier alpha value is -2.47. The molecule has 0 saturated carbocycles. The van der Waals surface area contributed by atoms with Crippen LogP contribution in [0.1, 0.15) is 29.3 Å². The number of carbonyl (C=O) groups is 1. The van der Waals surface area contributed by atoms with E-state index >= 15 is 0 Å². The van der Waals surface area contributed by atoms with Crippen LogP contribution in [0.15, 0.2) is 29.3 Å². The monoisotopic (exact) mass is 370 g/mol. The van der Waals surface area contributed by atoms with Gasteiger partial charge in [-0.15, -0.1) is 11.3 Å². The van der Waals surface area contributed by atoms with Crippen molar-refractivity contribution in [2.75, 3.05) is 6.61 Å². The van der Waals surface area contributed by atoms with Gasteiger partial charge < -0.3 is 4.74 Å². The molecule has 3 rings (SSSR count). The first-order chi connectivity index (χ1) is 12.4. The molecule has 0 saturated heterocycles. The third kappa shape index (κ3) is 3.42. The zero-order valence-electron chi connectivity index (χ0n) is 15.5. The molecule has 0 spiro atoms. The zero-order valence-corrected chi connectivity index (χ0v) is 16.3.